The zero-order valence-corrected chi connectivity index (χ0v) is 7.96. The molecule has 1 aliphatic rings. The SMILES string of the molecule is CC1(C)C=C(c2ccccc2)NN1. The van der Waals surface area contributed by atoms with E-state index in [2.05, 4.69) is 42.9 Å². The summed E-state index contributed by atoms with van der Waals surface area (Å²) in [5.41, 5.74) is 8.80. The highest BCUT2D eigenvalue weighted by Crippen LogP contribution is 2.19. The summed E-state index contributed by atoms with van der Waals surface area (Å²) in [6, 6.07) is 10.3. The molecule has 2 nitrogen and oxygen atoms in total. The third-order valence-corrected chi connectivity index (χ3v) is 2.11. The molecule has 68 valence electrons. The molecule has 0 saturated heterocycles. The van der Waals surface area contributed by atoms with Crippen molar-refractivity contribution >= 4 is 5.70 Å². The predicted octanol–water partition coefficient (Wildman–Crippen LogP) is 1.91. The van der Waals surface area contributed by atoms with E-state index >= 15 is 0 Å². The monoisotopic (exact) mass is 174 g/mol. The first-order chi connectivity index (χ1) is 6.17. The lowest BCUT2D eigenvalue weighted by atomic mass is 10.0. The van der Waals surface area contributed by atoms with Crippen LogP contribution in [-0.2, 0) is 0 Å². The Morgan fingerprint density at radius 1 is 1.08 bits per heavy atom. The molecule has 0 aromatic heterocycles. The lowest BCUT2D eigenvalue weighted by Gasteiger charge is -2.13. The normalized spacial score (nSPS) is 19.4. The summed E-state index contributed by atoms with van der Waals surface area (Å²) in [5.74, 6) is 0. The molecule has 0 bridgehead atoms. The molecule has 1 aromatic carbocycles. The molecule has 1 heterocycles. The van der Waals surface area contributed by atoms with E-state index in [9.17, 15) is 0 Å². The van der Waals surface area contributed by atoms with Gasteiger partial charge in [-0.3, -0.25) is 0 Å². The van der Waals surface area contributed by atoms with Gasteiger partial charge in [0, 0.05) is 0 Å². The fourth-order valence-electron chi connectivity index (χ4n) is 1.43. The molecule has 1 aromatic rings. The van der Waals surface area contributed by atoms with Gasteiger partial charge in [-0.05, 0) is 25.5 Å². The Balaban J connectivity index is 2.30. The van der Waals surface area contributed by atoms with Gasteiger partial charge in [-0.25, -0.2) is 5.43 Å². The van der Waals surface area contributed by atoms with Crippen molar-refractivity contribution < 1.29 is 0 Å². The fourth-order valence-corrected chi connectivity index (χ4v) is 1.43. The first-order valence-electron chi connectivity index (χ1n) is 4.49. The molecule has 0 radical (unpaired) electrons. The molecule has 0 unspecified atom stereocenters. The molecule has 2 rings (SSSR count). The van der Waals surface area contributed by atoms with E-state index in [-0.39, 0.29) is 5.54 Å². The molecule has 0 aliphatic carbocycles. The Labute approximate surface area is 78.6 Å². The van der Waals surface area contributed by atoms with Crippen LogP contribution in [0.25, 0.3) is 5.70 Å². The lowest BCUT2D eigenvalue weighted by Crippen LogP contribution is -2.39. The topological polar surface area (TPSA) is 24.1 Å². The van der Waals surface area contributed by atoms with Crippen LogP contribution in [0.1, 0.15) is 19.4 Å². The van der Waals surface area contributed by atoms with Crippen LogP contribution in [0.5, 0.6) is 0 Å². The van der Waals surface area contributed by atoms with Crippen LogP contribution in [-0.4, -0.2) is 5.54 Å². The molecule has 0 fully saturated rings. The highest BCUT2D eigenvalue weighted by atomic mass is 15.4. The first kappa shape index (κ1) is 8.32. The summed E-state index contributed by atoms with van der Waals surface area (Å²) in [6.07, 6.45) is 2.20. The maximum absolute atomic E-state index is 3.20. The molecule has 0 atom stereocenters. The maximum Gasteiger partial charge on any atom is 0.0539 e. The smallest absolute Gasteiger partial charge is 0.0539 e. The largest absolute Gasteiger partial charge is 0.320 e. The second kappa shape index (κ2) is 2.89. The van der Waals surface area contributed by atoms with Crippen molar-refractivity contribution in [3.63, 3.8) is 0 Å². The molecule has 1 aliphatic heterocycles. The Bertz CT molecular complexity index is 325. The van der Waals surface area contributed by atoms with Crippen molar-refractivity contribution in [3.05, 3.63) is 42.0 Å². The Kier molecular flexibility index (Phi) is 1.85. The van der Waals surface area contributed by atoms with Crippen molar-refractivity contribution in [3.8, 4) is 0 Å². The Morgan fingerprint density at radius 3 is 2.31 bits per heavy atom. The van der Waals surface area contributed by atoms with E-state index in [1.54, 1.807) is 0 Å². The quantitative estimate of drug-likeness (QED) is 0.679. The van der Waals surface area contributed by atoms with Gasteiger partial charge < -0.3 is 5.43 Å². The Hall–Kier alpha value is -1.28. The van der Waals surface area contributed by atoms with Crippen LogP contribution in [0.3, 0.4) is 0 Å². The van der Waals surface area contributed by atoms with Gasteiger partial charge >= 0.3 is 0 Å². The molecule has 0 amide bonds. The summed E-state index contributed by atoms with van der Waals surface area (Å²) in [5, 5.41) is 0. The average molecular weight is 174 g/mol. The van der Waals surface area contributed by atoms with Gasteiger partial charge in [-0.15, -0.1) is 0 Å². The van der Waals surface area contributed by atoms with Crippen LogP contribution in [0.2, 0.25) is 0 Å². The van der Waals surface area contributed by atoms with Crippen LogP contribution >= 0.6 is 0 Å². The minimum Gasteiger partial charge on any atom is -0.320 e. The zero-order chi connectivity index (χ0) is 9.31. The van der Waals surface area contributed by atoms with Crippen LogP contribution in [0.15, 0.2) is 36.4 Å². The summed E-state index contributed by atoms with van der Waals surface area (Å²) in [4.78, 5) is 0. The standard InChI is InChI=1S/C11H14N2/c1-11(2)8-10(12-13-11)9-6-4-3-5-7-9/h3-8,12-13H,1-2H3. The van der Waals surface area contributed by atoms with Gasteiger partial charge in [0.1, 0.15) is 0 Å². The van der Waals surface area contributed by atoms with Crippen molar-refractivity contribution in [2.24, 2.45) is 0 Å². The van der Waals surface area contributed by atoms with E-state index in [0.29, 0.717) is 0 Å². The lowest BCUT2D eigenvalue weighted by molar-refractivity contribution is 0.477. The third-order valence-electron chi connectivity index (χ3n) is 2.11. The van der Waals surface area contributed by atoms with Crippen molar-refractivity contribution in [1.82, 2.24) is 10.9 Å². The summed E-state index contributed by atoms with van der Waals surface area (Å²) >= 11 is 0. The number of benzene rings is 1. The number of hydrazine groups is 1. The van der Waals surface area contributed by atoms with Crippen LogP contribution < -0.4 is 10.9 Å². The number of hydrogen-bond donors (Lipinski definition) is 2. The van der Waals surface area contributed by atoms with E-state index in [4.69, 9.17) is 0 Å². The summed E-state index contributed by atoms with van der Waals surface area (Å²) < 4.78 is 0. The second-order valence-electron chi connectivity index (χ2n) is 3.90. The molecule has 2 N–H and O–H groups in total. The van der Waals surface area contributed by atoms with E-state index in [1.807, 2.05) is 18.2 Å². The average Bonchev–Trinajstić information content (AvgIpc) is 2.48. The van der Waals surface area contributed by atoms with Crippen molar-refractivity contribution in [2.45, 2.75) is 19.4 Å². The Morgan fingerprint density at radius 2 is 1.77 bits per heavy atom. The number of hydrogen-bond acceptors (Lipinski definition) is 2. The second-order valence-corrected chi connectivity index (χ2v) is 3.90. The van der Waals surface area contributed by atoms with E-state index < -0.39 is 0 Å². The first-order valence-corrected chi connectivity index (χ1v) is 4.49. The van der Waals surface area contributed by atoms with Gasteiger partial charge in [0.2, 0.25) is 0 Å². The third kappa shape index (κ3) is 1.73. The van der Waals surface area contributed by atoms with Crippen LogP contribution in [0, 0.1) is 0 Å². The maximum atomic E-state index is 3.20. The molecular weight excluding hydrogens is 160 g/mol. The van der Waals surface area contributed by atoms with Crippen LogP contribution in [0.4, 0.5) is 0 Å². The molecule has 0 saturated carbocycles. The molecular formula is C11H14N2. The minimum absolute atomic E-state index is 0.0468. The van der Waals surface area contributed by atoms with Gasteiger partial charge in [0.15, 0.2) is 0 Å². The minimum atomic E-state index is 0.0468. The van der Waals surface area contributed by atoms with E-state index in [1.165, 1.54) is 5.56 Å². The highest BCUT2D eigenvalue weighted by molar-refractivity contribution is 5.66. The van der Waals surface area contributed by atoms with Gasteiger partial charge in [-0.1, -0.05) is 30.3 Å². The number of nitrogens with one attached hydrogen (secondary N) is 2. The summed E-state index contributed by atoms with van der Waals surface area (Å²) in [7, 11) is 0. The molecule has 2 heteroatoms. The zero-order valence-electron chi connectivity index (χ0n) is 7.96. The highest BCUT2D eigenvalue weighted by Gasteiger charge is 2.21. The number of rotatable bonds is 1. The summed E-state index contributed by atoms with van der Waals surface area (Å²) in [6.45, 7) is 4.27. The fraction of sp³-hybridized carbons (Fsp3) is 0.273. The van der Waals surface area contributed by atoms with Crippen molar-refractivity contribution in [1.29, 1.82) is 0 Å². The predicted molar refractivity (Wildman–Crippen MR) is 54.8 cm³/mol. The molecule has 0 spiro atoms. The van der Waals surface area contributed by atoms with Gasteiger partial charge in [-0.2, -0.15) is 0 Å². The van der Waals surface area contributed by atoms with Gasteiger partial charge in [0.05, 0.1) is 11.2 Å². The van der Waals surface area contributed by atoms with Crippen molar-refractivity contribution in [2.75, 3.05) is 0 Å². The van der Waals surface area contributed by atoms with E-state index in [0.717, 1.165) is 5.70 Å². The molecule has 13 heavy (non-hydrogen) atoms. The van der Waals surface area contributed by atoms with Gasteiger partial charge in [0.25, 0.3) is 0 Å².